The molecule has 0 aromatic rings. The van der Waals surface area contributed by atoms with Crippen LogP contribution >= 0.6 is 0 Å². The molecule has 2 fully saturated rings. The van der Waals surface area contributed by atoms with Crippen LogP contribution in [0.15, 0.2) is 0 Å². The molecule has 1 amide bonds. The Kier molecular flexibility index (Phi) is 6.69. The van der Waals surface area contributed by atoms with Crippen molar-refractivity contribution in [3.8, 4) is 0 Å². The Morgan fingerprint density at radius 1 is 1.09 bits per heavy atom. The SMILES string of the molecule is CC(C)C[C@H](N)C(=O)N1CCC(OC2CCC(C)CC2)CC1. The van der Waals surface area contributed by atoms with Gasteiger partial charge < -0.3 is 15.4 Å². The van der Waals surface area contributed by atoms with Crippen molar-refractivity contribution in [1.82, 2.24) is 4.90 Å². The summed E-state index contributed by atoms with van der Waals surface area (Å²) in [6, 6.07) is -0.336. The Morgan fingerprint density at radius 3 is 2.18 bits per heavy atom. The van der Waals surface area contributed by atoms with E-state index in [-0.39, 0.29) is 11.9 Å². The lowest BCUT2D eigenvalue weighted by atomic mass is 9.88. The van der Waals surface area contributed by atoms with E-state index in [1.165, 1.54) is 25.7 Å². The molecule has 2 aliphatic rings. The lowest BCUT2D eigenvalue weighted by Crippen LogP contribution is -2.49. The van der Waals surface area contributed by atoms with Gasteiger partial charge in [-0.15, -0.1) is 0 Å². The standard InChI is InChI=1S/C18H34N2O2/c1-13(2)12-17(19)18(21)20-10-8-16(9-11-20)22-15-6-4-14(3)5-7-15/h13-17H,4-12,19H2,1-3H3/t14?,15?,17-/m0/s1. The minimum atomic E-state index is -0.336. The van der Waals surface area contributed by atoms with E-state index >= 15 is 0 Å². The van der Waals surface area contributed by atoms with Gasteiger partial charge in [-0.3, -0.25) is 4.79 Å². The first-order chi connectivity index (χ1) is 10.5. The third-order valence-electron chi connectivity index (χ3n) is 5.14. The van der Waals surface area contributed by atoms with Crippen LogP contribution in [-0.4, -0.2) is 42.1 Å². The molecule has 0 unspecified atom stereocenters. The highest BCUT2D eigenvalue weighted by Gasteiger charge is 2.29. The second-order valence-electron chi connectivity index (χ2n) is 7.78. The van der Waals surface area contributed by atoms with E-state index in [0.29, 0.717) is 18.1 Å². The molecule has 22 heavy (non-hydrogen) atoms. The van der Waals surface area contributed by atoms with Crippen molar-refractivity contribution in [3.63, 3.8) is 0 Å². The van der Waals surface area contributed by atoms with E-state index in [0.717, 1.165) is 38.3 Å². The molecule has 0 aromatic carbocycles. The predicted octanol–water partition coefficient (Wildman–Crippen LogP) is 2.95. The fraction of sp³-hybridized carbons (Fsp3) is 0.944. The third-order valence-corrected chi connectivity index (χ3v) is 5.14. The molecule has 0 bridgehead atoms. The Hall–Kier alpha value is -0.610. The molecule has 1 aliphatic carbocycles. The molecule has 4 heteroatoms. The second-order valence-corrected chi connectivity index (χ2v) is 7.78. The minimum absolute atomic E-state index is 0.124. The van der Waals surface area contributed by atoms with Gasteiger partial charge in [0.1, 0.15) is 0 Å². The molecule has 0 radical (unpaired) electrons. The van der Waals surface area contributed by atoms with Crippen molar-refractivity contribution in [2.75, 3.05) is 13.1 Å². The van der Waals surface area contributed by atoms with Gasteiger partial charge in [0, 0.05) is 13.1 Å². The van der Waals surface area contributed by atoms with Gasteiger partial charge in [-0.05, 0) is 56.8 Å². The molecule has 2 rings (SSSR count). The van der Waals surface area contributed by atoms with Crippen molar-refractivity contribution < 1.29 is 9.53 Å². The van der Waals surface area contributed by atoms with Gasteiger partial charge in [0.15, 0.2) is 0 Å². The number of likely N-dealkylation sites (tertiary alicyclic amines) is 1. The van der Waals surface area contributed by atoms with Crippen molar-refractivity contribution in [2.45, 2.75) is 84.0 Å². The number of nitrogens with two attached hydrogens (primary N) is 1. The lowest BCUT2D eigenvalue weighted by Gasteiger charge is -2.36. The first-order valence-electron chi connectivity index (χ1n) is 9.15. The van der Waals surface area contributed by atoms with E-state index in [1.54, 1.807) is 0 Å². The highest BCUT2D eigenvalue weighted by atomic mass is 16.5. The molecular weight excluding hydrogens is 276 g/mol. The van der Waals surface area contributed by atoms with Gasteiger partial charge >= 0.3 is 0 Å². The molecule has 1 saturated heterocycles. The van der Waals surface area contributed by atoms with Crippen molar-refractivity contribution >= 4 is 5.91 Å². The van der Waals surface area contributed by atoms with Crippen LogP contribution in [0.4, 0.5) is 0 Å². The summed E-state index contributed by atoms with van der Waals surface area (Å²) in [6.07, 6.45) is 8.50. The molecule has 2 N–H and O–H groups in total. The van der Waals surface area contributed by atoms with E-state index in [9.17, 15) is 4.79 Å². The summed E-state index contributed by atoms with van der Waals surface area (Å²) in [7, 11) is 0. The summed E-state index contributed by atoms with van der Waals surface area (Å²) in [5.74, 6) is 1.45. The lowest BCUT2D eigenvalue weighted by molar-refractivity contribution is -0.136. The summed E-state index contributed by atoms with van der Waals surface area (Å²) in [4.78, 5) is 14.3. The average Bonchev–Trinajstić information content (AvgIpc) is 2.49. The monoisotopic (exact) mass is 310 g/mol. The zero-order chi connectivity index (χ0) is 16.1. The van der Waals surface area contributed by atoms with Crippen molar-refractivity contribution in [3.05, 3.63) is 0 Å². The molecule has 128 valence electrons. The quantitative estimate of drug-likeness (QED) is 0.849. The number of hydrogen-bond donors (Lipinski definition) is 1. The van der Waals surface area contributed by atoms with Gasteiger partial charge in [-0.25, -0.2) is 0 Å². The van der Waals surface area contributed by atoms with Crippen LogP contribution in [0.25, 0.3) is 0 Å². The number of carbonyl (C=O) groups is 1. The van der Waals surface area contributed by atoms with Crippen LogP contribution in [0, 0.1) is 11.8 Å². The molecule has 1 atom stereocenters. The topological polar surface area (TPSA) is 55.6 Å². The molecule has 0 spiro atoms. The van der Waals surface area contributed by atoms with E-state index in [4.69, 9.17) is 10.5 Å². The van der Waals surface area contributed by atoms with E-state index in [2.05, 4.69) is 20.8 Å². The largest absolute Gasteiger partial charge is 0.375 e. The van der Waals surface area contributed by atoms with Crippen LogP contribution in [0.1, 0.15) is 65.7 Å². The maximum absolute atomic E-state index is 12.3. The maximum atomic E-state index is 12.3. The Labute approximate surface area is 135 Å². The van der Waals surface area contributed by atoms with Crippen LogP contribution in [0.2, 0.25) is 0 Å². The summed E-state index contributed by atoms with van der Waals surface area (Å²) >= 11 is 0. The van der Waals surface area contributed by atoms with Gasteiger partial charge in [0.25, 0.3) is 0 Å². The zero-order valence-corrected chi connectivity index (χ0v) is 14.6. The van der Waals surface area contributed by atoms with E-state index < -0.39 is 0 Å². The molecule has 4 nitrogen and oxygen atoms in total. The van der Waals surface area contributed by atoms with Crippen LogP contribution < -0.4 is 5.73 Å². The van der Waals surface area contributed by atoms with Gasteiger partial charge in [-0.1, -0.05) is 20.8 Å². The minimum Gasteiger partial charge on any atom is -0.375 e. The third kappa shape index (κ3) is 5.24. The summed E-state index contributed by atoms with van der Waals surface area (Å²) in [5.41, 5.74) is 6.02. The summed E-state index contributed by atoms with van der Waals surface area (Å²) < 4.78 is 6.26. The highest BCUT2D eigenvalue weighted by molar-refractivity contribution is 5.81. The smallest absolute Gasteiger partial charge is 0.239 e. The summed E-state index contributed by atoms with van der Waals surface area (Å²) in [5, 5.41) is 0. The first-order valence-corrected chi connectivity index (χ1v) is 9.15. The van der Waals surface area contributed by atoms with Gasteiger partial charge in [0.2, 0.25) is 5.91 Å². The molecule has 1 aliphatic heterocycles. The number of nitrogens with zero attached hydrogens (tertiary/aromatic N) is 1. The zero-order valence-electron chi connectivity index (χ0n) is 14.6. The average molecular weight is 310 g/mol. The molecule has 1 heterocycles. The highest BCUT2D eigenvalue weighted by Crippen LogP contribution is 2.28. The molecular formula is C18H34N2O2. The van der Waals surface area contributed by atoms with Crippen molar-refractivity contribution in [2.24, 2.45) is 17.6 Å². The number of carbonyl (C=O) groups excluding carboxylic acids is 1. The number of amides is 1. The Morgan fingerprint density at radius 2 is 1.64 bits per heavy atom. The molecule has 0 aromatic heterocycles. The number of rotatable bonds is 5. The Bertz CT molecular complexity index is 343. The van der Waals surface area contributed by atoms with Crippen LogP contribution in [0.5, 0.6) is 0 Å². The number of ether oxygens (including phenoxy) is 1. The summed E-state index contributed by atoms with van der Waals surface area (Å²) in [6.45, 7) is 8.16. The fourth-order valence-corrected chi connectivity index (χ4v) is 3.69. The van der Waals surface area contributed by atoms with Crippen molar-refractivity contribution in [1.29, 1.82) is 0 Å². The van der Waals surface area contributed by atoms with E-state index in [1.807, 2.05) is 4.90 Å². The number of piperidine rings is 1. The molecule has 1 saturated carbocycles. The second kappa shape index (κ2) is 8.30. The predicted molar refractivity (Wildman–Crippen MR) is 89.5 cm³/mol. The first kappa shape index (κ1) is 17.7. The van der Waals surface area contributed by atoms with Crippen LogP contribution in [0.3, 0.4) is 0 Å². The maximum Gasteiger partial charge on any atom is 0.239 e. The van der Waals surface area contributed by atoms with Gasteiger partial charge in [0.05, 0.1) is 18.2 Å². The Balaban J connectivity index is 1.70. The number of hydrogen-bond acceptors (Lipinski definition) is 3. The normalized spacial score (nSPS) is 28.9. The van der Waals surface area contributed by atoms with Crippen LogP contribution in [-0.2, 0) is 9.53 Å². The fourth-order valence-electron chi connectivity index (χ4n) is 3.69. The van der Waals surface area contributed by atoms with Gasteiger partial charge in [-0.2, -0.15) is 0 Å².